The van der Waals surface area contributed by atoms with E-state index in [1.54, 1.807) is 12.1 Å². The van der Waals surface area contributed by atoms with E-state index in [1.807, 2.05) is 42.5 Å². The van der Waals surface area contributed by atoms with Crippen molar-refractivity contribution in [3.05, 3.63) is 83.7 Å². The summed E-state index contributed by atoms with van der Waals surface area (Å²) in [6.45, 7) is 0. The average molecular weight is 401 g/mol. The van der Waals surface area contributed by atoms with Crippen LogP contribution in [0.15, 0.2) is 71.6 Å². The second kappa shape index (κ2) is 8.31. The summed E-state index contributed by atoms with van der Waals surface area (Å²) in [6.07, 6.45) is 0.536. The molecule has 0 aromatic heterocycles. The van der Waals surface area contributed by atoms with E-state index >= 15 is 0 Å². The van der Waals surface area contributed by atoms with Gasteiger partial charge in [0.05, 0.1) is 19.9 Å². The van der Waals surface area contributed by atoms with Crippen molar-refractivity contribution in [3.8, 4) is 11.5 Å². The van der Waals surface area contributed by atoms with Crippen LogP contribution in [0.5, 0.6) is 11.5 Å². The average Bonchev–Trinajstić information content (AvgIpc) is 2.69. The molecule has 1 N–H and O–H groups in total. The summed E-state index contributed by atoms with van der Waals surface area (Å²) in [4.78, 5) is -0.514. The zero-order chi connectivity index (χ0) is 20.1. The standard InChI is InChI=1S/C21H20FNO4S/c1-26-19-13-17(22)21(14-20(19)27-2)28(24,25)23-18-11-7-6-10-16(18)12-15-8-4-3-5-9-15/h3-11,13-14,23H,12H2,1-2H3. The highest BCUT2D eigenvalue weighted by Crippen LogP contribution is 2.33. The van der Waals surface area contributed by atoms with E-state index in [2.05, 4.69) is 4.72 Å². The van der Waals surface area contributed by atoms with Crippen LogP contribution in [-0.2, 0) is 16.4 Å². The van der Waals surface area contributed by atoms with Crippen molar-refractivity contribution in [2.75, 3.05) is 18.9 Å². The first-order valence-electron chi connectivity index (χ1n) is 8.51. The lowest BCUT2D eigenvalue weighted by molar-refractivity contribution is 0.350. The van der Waals surface area contributed by atoms with Gasteiger partial charge < -0.3 is 9.47 Å². The molecule has 0 aliphatic rings. The molecule has 0 amide bonds. The van der Waals surface area contributed by atoms with Crippen molar-refractivity contribution in [2.45, 2.75) is 11.3 Å². The van der Waals surface area contributed by atoms with Crippen molar-refractivity contribution >= 4 is 15.7 Å². The molecule has 3 aromatic rings. The third kappa shape index (κ3) is 4.26. The maximum atomic E-state index is 14.4. The molecule has 0 bridgehead atoms. The Morgan fingerprint density at radius 1 is 0.893 bits per heavy atom. The molecule has 0 unspecified atom stereocenters. The molecule has 0 saturated heterocycles. The Kier molecular flexibility index (Phi) is 5.84. The monoisotopic (exact) mass is 401 g/mol. The predicted octanol–water partition coefficient (Wildman–Crippen LogP) is 4.23. The molecule has 3 aromatic carbocycles. The molecule has 0 saturated carbocycles. The van der Waals surface area contributed by atoms with Gasteiger partial charge in [0.25, 0.3) is 10.0 Å². The van der Waals surface area contributed by atoms with Crippen molar-refractivity contribution in [1.29, 1.82) is 0 Å². The number of benzene rings is 3. The Labute approximate surface area is 163 Å². The normalized spacial score (nSPS) is 11.1. The lowest BCUT2D eigenvalue weighted by Crippen LogP contribution is -2.16. The summed E-state index contributed by atoms with van der Waals surface area (Å²) in [5.41, 5.74) is 2.20. The largest absolute Gasteiger partial charge is 0.493 e. The number of anilines is 1. The fourth-order valence-electron chi connectivity index (χ4n) is 2.83. The number of hydrogen-bond acceptors (Lipinski definition) is 4. The second-order valence-corrected chi connectivity index (χ2v) is 7.71. The maximum Gasteiger partial charge on any atom is 0.264 e. The molecule has 146 valence electrons. The van der Waals surface area contributed by atoms with Crippen LogP contribution in [0.1, 0.15) is 11.1 Å². The number of rotatable bonds is 7. The van der Waals surface area contributed by atoms with Crippen LogP contribution in [0.4, 0.5) is 10.1 Å². The van der Waals surface area contributed by atoms with Crippen LogP contribution < -0.4 is 14.2 Å². The highest BCUT2D eigenvalue weighted by Gasteiger charge is 2.23. The highest BCUT2D eigenvalue weighted by atomic mass is 32.2. The van der Waals surface area contributed by atoms with Crippen LogP contribution in [0, 0.1) is 5.82 Å². The van der Waals surface area contributed by atoms with Crippen molar-refractivity contribution < 1.29 is 22.3 Å². The van der Waals surface area contributed by atoms with Crippen LogP contribution in [-0.4, -0.2) is 22.6 Å². The first kappa shape index (κ1) is 19.7. The van der Waals surface area contributed by atoms with Crippen LogP contribution in [0.3, 0.4) is 0 Å². The van der Waals surface area contributed by atoms with Gasteiger partial charge in [0.1, 0.15) is 10.7 Å². The molecule has 0 heterocycles. The summed E-state index contributed by atoms with van der Waals surface area (Å²) in [7, 11) is -1.47. The molecule has 3 rings (SSSR count). The van der Waals surface area contributed by atoms with E-state index in [0.717, 1.165) is 23.3 Å². The molecular formula is C21H20FNO4S. The SMILES string of the molecule is COc1cc(F)c(S(=O)(=O)Nc2ccccc2Cc2ccccc2)cc1OC. The first-order valence-corrected chi connectivity index (χ1v) is 9.99. The van der Waals surface area contributed by atoms with E-state index in [4.69, 9.17) is 9.47 Å². The third-order valence-corrected chi connectivity index (χ3v) is 5.61. The summed E-state index contributed by atoms with van der Waals surface area (Å²) >= 11 is 0. The van der Waals surface area contributed by atoms with Crippen molar-refractivity contribution in [1.82, 2.24) is 0 Å². The van der Waals surface area contributed by atoms with Crippen molar-refractivity contribution in [2.24, 2.45) is 0 Å². The molecule has 0 aliphatic carbocycles. The molecule has 0 radical (unpaired) electrons. The Bertz CT molecular complexity index is 1070. The molecule has 0 spiro atoms. The molecule has 7 heteroatoms. The van der Waals surface area contributed by atoms with Gasteiger partial charge >= 0.3 is 0 Å². The number of nitrogens with one attached hydrogen (secondary N) is 1. The van der Waals surface area contributed by atoms with Gasteiger partial charge in [-0.05, 0) is 23.6 Å². The van der Waals surface area contributed by atoms with Gasteiger partial charge in [0.2, 0.25) is 0 Å². The summed E-state index contributed by atoms with van der Waals surface area (Å²) in [5, 5.41) is 0. The Hall–Kier alpha value is -3.06. The number of hydrogen-bond donors (Lipinski definition) is 1. The molecule has 5 nitrogen and oxygen atoms in total. The van der Waals surface area contributed by atoms with Crippen LogP contribution in [0.2, 0.25) is 0 Å². The Morgan fingerprint density at radius 3 is 2.18 bits per heavy atom. The quantitative estimate of drug-likeness (QED) is 0.643. The first-order chi connectivity index (χ1) is 13.4. The van der Waals surface area contributed by atoms with Gasteiger partial charge in [0.15, 0.2) is 11.5 Å². The van der Waals surface area contributed by atoms with E-state index in [1.165, 1.54) is 14.2 Å². The zero-order valence-corrected chi connectivity index (χ0v) is 16.3. The summed E-state index contributed by atoms with van der Waals surface area (Å²) in [6, 6.07) is 18.8. The molecule has 0 aliphatic heterocycles. The van der Waals surface area contributed by atoms with Crippen molar-refractivity contribution in [3.63, 3.8) is 0 Å². The zero-order valence-electron chi connectivity index (χ0n) is 15.5. The Balaban J connectivity index is 1.96. The smallest absolute Gasteiger partial charge is 0.264 e. The summed E-state index contributed by atoms with van der Waals surface area (Å²) in [5.74, 6) is -0.684. The molecule has 28 heavy (non-hydrogen) atoms. The number of ether oxygens (including phenoxy) is 2. The Morgan fingerprint density at radius 2 is 1.50 bits per heavy atom. The lowest BCUT2D eigenvalue weighted by atomic mass is 10.0. The fraction of sp³-hybridized carbons (Fsp3) is 0.143. The molecule has 0 fully saturated rings. The van der Waals surface area contributed by atoms with Crippen LogP contribution in [0.25, 0.3) is 0 Å². The number of para-hydroxylation sites is 1. The number of sulfonamides is 1. The minimum atomic E-state index is -4.18. The summed E-state index contributed by atoms with van der Waals surface area (Å²) < 4.78 is 52.7. The van der Waals surface area contributed by atoms with E-state index < -0.39 is 20.7 Å². The van der Waals surface area contributed by atoms with Gasteiger partial charge in [-0.2, -0.15) is 0 Å². The van der Waals surface area contributed by atoms with Gasteiger partial charge in [0, 0.05) is 12.1 Å². The van der Waals surface area contributed by atoms with E-state index in [-0.39, 0.29) is 11.5 Å². The minimum Gasteiger partial charge on any atom is -0.493 e. The minimum absolute atomic E-state index is 0.114. The van der Waals surface area contributed by atoms with Gasteiger partial charge in [-0.15, -0.1) is 0 Å². The van der Waals surface area contributed by atoms with Gasteiger partial charge in [-0.1, -0.05) is 48.5 Å². The molecule has 0 atom stereocenters. The molecular weight excluding hydrogens is 381 g/mol. The predicted molar refractivity (Wildman–Crippen MR) is 106 cm³/mol. The van der Waals surface area contributed by atoms with E-state index in [0.29, 0.717) is 12.1 Å². The third-order valence-electron chi connectivity index (χ3n) is 4.23. The fourth-order valence-corrected chi connectivity index (χ4v) is 4.01. The van der Waals surface area contributed by atoms with Gasteiger partial charge in [-0.25, -0.2) is 12.8 Å². The maximum absolute atomic E-state index is 14.4. The lowest BCUT2D eigenvalue weighted by Gasteiger charge is -2.15. The number of methoxy groups -OCH3 is 2. The van der Waals surface area contributed by atoms with Gasteiger partial charge in [-0.3, -0.25) is 4.72 Å². The van der Waals surface area contributed by atoms with E-state index in [9.17, 15) is 12.8 Å². The van der Waals surface area contributed by atoms with Crippen LogP contribution >= 0.6 is 0 Å². The number of halogens is 1. The topological polar surface area (TPSA) is 64.6 Å². The highest BCUT2D eigenvalue weighted by molar-refractivity contribution is 7.92. The second-order valence-electron chi connectivity index (χ2n) is 6.06.